The number of aromatic nitrogens is 2. The van der Waals surface area contributed by atoms with E-state index in [1.807, 2.05) is 29.8 Å². The number of oxime groups is 1. The van der Waals surface area contributed by atoms with E-state index >= 15 is 0 Å². The number of imidazole rings is 1. The second-order valence-electron chi connectivity index (χ2n) is 6.87. The number of aliphatic hydroxyl groups is 1. The fourth-order valence-corrected chi connectivity index (χ4v) is 3.62. The number of piperidine rings is 1. The second kappa shape index (κ2) is 7.44. The highest BCUT2D eigenvalue weighted by atomic mass is 16.6. The predicted molar refractivity (Wildman–Crippen MR) is 103 cm³/mol. The molecule has 27 heavy (non-hydrogen) atoms. The Morgan fingerprint density at radius 3 is 3.04 bits per heavy atom. The Bertz CT molecular complexity index is 887. The Kier molecular flexibility index (Phi) is 4.85. The van der Waals surface area contributed by atoms with Gasteiger partial charge in [-0.05, 0) is 49.1 Å². The van der Waals surface area contributed by atoms with Crippen LogP contribution in [0.1, 0.15) is 24.1 Å². The standard InChI is InChI=1S/C20H24N4O3/c1-14-10-23(13-21-14)18-6-5-15(9-19(18)26-2)8-16-4-3-7-24-17(11-25)12-27-22-20(16)24/h5-6,8-10,13,17,25H,3-4,7,11-12H2,1-2H3/b16-8+. The van der Waals surface area contributed by atoms with Gasteiger partial charge in [0.1, 0.15) is 12.4 Å². The zero-order valence-corrected chi connectivity index (χ0v) is 15.6. The van der Waals surface area contributed by atoms with Gasteiger partial charge in [0.2, 0.25) is 0 Å². The molecule has 1 atom stereocenters. The molecule has 1 aromatic carbocycles. The van der Waals surface area contributed by atoms with Gasteiger partial charge in [-0.15, -0.1) is 0 Å². The summed E-state index contributed by atoms with van der Waals surface area (Å²) in [5.41, 5.74) is 4.06. The number of aryl methyl sites for hydroxylation is 1. The first-order valence-corrected chi connectivity index (χ1v) is 9.17. The van der Waals surface area contributed by atoms with Crippen LogP contribution in [0.2, 0.25) is 0 Å². The van der Waals surface area contributed by atoms with Crippen LogP contribution in [0, 0.1) is 6.92 Å². The van der Waals surface area contributed by atoms with E-state index in [0.29, 0.717) is 6.61 Å². The molecule has 7 heteroatoms. The van der Waals surface area contributed by atoms with Crippen LogP contribution in [0.15, 0.2) is 41.5 Å². The minimum Gasteiger partial charge on any atom is -0.495 e. The molecule has 2 aliphatic rings. The fraction of sp³-hybridized carbons (Fsp3) is 0.400. The van der Waals surface area contributed by atoms with Gasteiger partial charge >= 0.3 is 0 Å². The summed E-state index contributed by atoms with van der Waals surface area (Å²) in [6.45, 7) is 3.36. The lowest BCUT2D eigenvalue weighted by molar-refractivity contribution is 0.0324. The largest absolute Gasteiger partial charge is 0.495 e. The highest BCUT2D eigenvalue weighted by Crippen LogP contribution is 2.29. The smallest absolute Gasteiger partial charge is 0.171 e. The molecule has 0 radical (unpaired) electrons. The topological polar surface area (TPSA) is 72.1 Å². The van der Waals surface area contributed by atoms with Crippen LogP contribution >= 0.6 is 0 Å². The molecule has 0 aliphatic carbocycles. The maximum absolute atomic E-state index is 9.59. The lowest BCUT2D eigenvalue weighted by Crippen LogP contribution is -2.50. The van der Waals surface area contributed by atoms with E-state index in [9.17, 15) is 5.11 Å². The molecule has 142 valence electrons. The van der Waals surface area contributed by atoms with Gasteiger partial charge < -0.3 is 24.1 Å². The number of ether oxygens (including phenoxy) is 1. The summed E-state index contributed by atoms with van der Waals surface area (Å²) in [5, 5.41) is 13.9. The number of amidine groups is 1. The van der Waals surface area contributed by atoms with Crippen LogP contribution in [0.5, 0.6) is 5.75 Å². The molecule has 2 aliphatic heterocycles. The summed E-state index contributed by atoms with van der Waals surface area (Å²) < 4.78 is 7.56. The maximum Gasteiger partial charge on any atom is 0.171 e. The van der Waals surface area contributed by atoms with E-state index in [-0.39, 0.29) is 12.6 Å². The fourth-order valence-electron chi connectivity index (χ4n) is 3.62. The Hall–Kier alpha value is -2.80. The molecule has 7 nitrogen and oxygen atoms in total. The van der Waals surface area contributed by atoms with Crippen molar-refractivity contribution in [3.8, 4) is 11.4 Å². The Morgan fingerprint density at radius 1 is 1.41 bits per heavy atom. The molecule has 0 amide bonds. The first-order chi connectivity index (χ1) is 13.2. The third-order valence-electron chi connectivity index (χ3n) is 5.01. The van der Waals surface area contributed by atoms with Crippen LogP contribution in [-0.4, -0.2) is 58.3 Å². The van der Waals surface area contributed by atoms with Crippen molar-refractivity contribution in [3.05, 3.63) is 47.6 Å². The summed E-state index contributed by atoms with van der Waals surface area (Å²) in [6.07, 6.45) is 7.84. The molecule has 1 aromatic heterocycles. The number of methoxy groups -OCH3 is 1. The van der Waals surface area contributed by atoms with Gasteiger partial charge in [-0.2, -0.15) is 0 Å². The van der Waals surface area contributed by atoms with Crippen molar-refractivity contribution in [2.24, 2.45) is 5.16 Å². The number of nitrogens with zero attached hydrogens (tertiary/aromatic N) is 4. The molecular weight excluding hydrogens is 344 g/mol. The van der Waals surface area contributed by atoms with Gasteiger partial charge in [0.05, 0.1) is 37.5 Å². The average molecular weight is 368 g/mol. The average Bonchev–Trinajstić information content (AvgIpc) is 3.13. The van der Waals surface area contributed by atoms with Crippen molar-refractivity contribution >= 4 is 11.9 Å². The minimum absolute atomic E-state index is 0.0254. The number of hydrogen-bond donors (Lipinski definition) is 1. The zero-order valence-electron chi connectivity index (χ0n) is 15.6. The molecule has 4 rings (SSSR count). The predicted octanol–water partition coefficient (Wildman–Crippen LogP) is 2.37. The van der Waals surface area contributed by atoms with Crippen molar-refractivity contribution in [1.29, 1.82) is 0 Å². The third kappa shape index (κ3) is 3.42. The van der Waals surface area contributed by atoms with Crippen molar-refractivity contribution in [1.82, 2.24) is 14.5 Å². The van der Waals surface area contributed by atoms with Crippen molar-refractivity contribution in [3.63, 3.8) is 0 Å². The number of aliphatic hydroxyl groups excluding tert-OH is 1. The normalized spacial score (nSPS) is 20.9. The molecule has 0 saturated carbocycles. The molecule has 2 aromatic rings. The van der Waals surface area contributed by atoms with Gasteiger partial charge in [-0.25, -0.2) is 4.98 Å². The SMILES string of the molecule is COc1cc(/C=C2\CCCN3C2=NOCC3CO)ccc1-n1cnc(C)c1. The van der Waals surface area contributed by atoms with Crippen LogP contribution in [0.25, 0.3) is 11.8 Å². The van der Waals surface area contributed by atoms with Gasteiger partial charge in [0, 0.05) is 12.7 Å². The number of hydrogen-bond acceptors (Lipinski definition) is 6. The van der Waals surface area contributed by atoms with Crippen molar-refractivity contribution in [2.75, 3.05) is 26.9 Å². The zero-order chi connectivity index (χ0) is 18.8. The Balaban J connectivity index is 1.66. The highest BCUT2D eigenvalue weighted by Gasteiger charge is 2.31. The van der Waals surface area contributed by atoms with Crippen LogP contribution in [0.3, 0.4) is 0 Å². The van der Waals surface area contributed by atoms with Gasteiger partial charge in [-0.3, -0.25) is 0 Å². The number of rotatable bonds is 4. The first-order valence-electron chi connectivity index (χ1n) is 9.17. The molecule has 3 heterocycles. The monoisotopic (exact) mass is 368 g/mol. The molecule has 1 N–H and O–H groups in total. The van der Waals surface area contributed by atoms with Crippen molar-refractivity contribution in [2.45, 2.75) is 25.8 Å². The van der Waals surface area contributed by atoms with Gasteiger partial charge in [-0.1, -0.05) is 11.2 Å². The second-order valence-corrected chi connectivity index (χ2v) is 6.87. The van der Waals surface area contributed by atoms with E-state index in [2.05, 4.69) is 27.2 Å². The van der Waals surface area contributed by atoms with Crippen molar-refractivity contribution < 1.29 is 14.7 Å². The Labute approximate surface area is 158 Å². The maximum atomic E-state index is 9.59. The lowest BCUT2D eigenvalue weighted by Gasteiger charge is -2.39. The third-order valence-corrected chi connectivity index (χ3v) is 5.01. The highest BCUT2D eigenvalue weighted by molar-refractivity contribution is 6.02. The van der Waals surface area contributed by atoms with Crippen LogP contribution < -0.4 is 4.74 Å². The van der Waals surface area contributed by atoms with E-state index in [0.717, 1.165) is 53.5 Å². The van der Waals surface area contributed by atoms with E-state index in [1.54, 1.807) is 13.4 Å². The molecule has 0 bridgehead atoms. The molecular formula is C20H24N4O3. The summed E-state index contributed by atoms with van der Waals surface area (Å²) >= 11 is 0. The summed E-state index contributed by atoms with van der Waals surface area (Å²) in [6, 6.07) is 6.09. The lowest BCUT2D eigenvalue weighted by atomic mass is 9.98. The first kappa shape index (κ1) is 17.6. The van der Waals surface area contributed by atoms with Crippen LogP contribution in [0.4, 0.5) is 0 Å². The molecule has 1 fully saturated rings. The van der Waals surface area contributed by atoms with E-state index < -0.39 is 0 Å². The molecule has 1 unspecified atom stereocenters. The quantitative estimate of drug-likeness (QED) is 0.897. The minimum atomic E-state index is -0.0254. The van der Waals surface area contributed by atoms with Gasteiger partial charge in [0.15, 0.2) is 5.84 Å². The molecule has 1 saturated heterocycles. The van der Waals surface area contributed by atoms with Crippen LogP contribution in [-0.2, 0) is 4.84 Å². The Morgan fingerprint density at radius 2 is 2.30 bits per heavy atom. The summed E-state index contributed by atoms with van der Waals surface area (Å²) in [5.74, 6) is 1.62. The number of fused-ring (bicyclic) bond motifs is 1. The molecule has 0 spiro atoms. The number of benzene rings is 1. The summed E-state index contributed by atoms with van der Waals surface area (Å²) in [4.78, 5) is 11.8. The van der Waals surface area contributed by atoms with E-state index in [4.69, 9.17) is 9.57 Å². The van der Waals surface area contributed by atoms with Gasteiger partial charge in [0.25, 0.3) is 0 Å². The summed E-state index contributed by atoms with van der Waals surface area (Å²) in [7, 11) is 1.67. The van der Waals surface area contributed by atoms with E-state index in [1.165, 1.54) is 0 Å².